The molecular formula is C22H25N3O2. The maximum absolute atomic E-state index is 13.1. The van der Waals surface area contributed by atoms with Crippen molar-refractivity contribution in [3.63, 3.8) is 0 Å². The van der Waals surface area contributed by atoms with Crippen molar-refractivity contribution in [3.8, 4) is 0 Å². The second-order valence-corrected chi connectivity index (χ2v) is 7.39. The number of carbonyl (C=O) groups excluding carboxylic acids is 2. The molecule has 2 aromatic carbocycles. The summed E-state index contributed by atoms with van der Waals surface area (Å²) in [7, 11) is 0. The highest BCUT2D eigenvalue weighted by Crippen LogP contribution is 2.29. The van der Waals surface area contributed by atoms with Gasteiger partial charge in [0.25, 0.3) is 5.91 Å². The molecule has 4 rings (SSSR count). The SMILES string of the molecule is O=C(NC1CCN(C(=O)c2ccccc2Nc2ccccc2)CC1)C1CC1. The molecule has 0 radical (unpaired) electrons. The standard InChI is InChI=1S/C22H25N3O2/c26-21(16-10-11-16)24-18-12-14-25(15-13-18)22(27)19-8-4-5-9-20(19)23-17-6-2-1-3-7-17/h1-9,16,18,23H,10-15H2,(H,24,26). The summed E-state index contributed by atoms with van der Waals surface area (Å²) in [4.78, 5) is 26.9. The third kappa shape index (κ3) is 4.30. The van der Waals surface area contributed by atoms with Gasteiger partial charge in [-0.05, 0) is 49.9 Å². The Morgan fingerprint density at radius 1 is 0.852 bits per heavy atom. The van der Waals surface area contributed by atoms with Gasteiger partial charge in [0.1, 0.15) is 0 Å². The van der Waals surface area contributed by atoms with Gasteiger partial charge in [0.05, 0.1) is 11.3 Å². The first kappa shape index (κ1) is 17.6. The Labute approximate surface area is 159 Å². The van der Waals surface area contributed by atoms with E-state index in [1.165, 1.54) is 0 Å². The molecule has 0 bridgehead atoms. The molecule has 1 heterocycles. The van der Waals surface area contributed by atoms with Gasteiger partial charge in [-0.2, -0.15) is 0 Å². The van der Waals surface area contributed by atoms with Crippen LogP contribution in [0.1, 0.15) is 36.0 Å². The van der Waals surface area contributed by atoms with E-state index in [9.17, 15) is 9.59 Å². The molecule has 1 saturated heterocycles. The van der Waals surface area contributed by atoms with Crippen LogP contribution in [0, 0.1) is 5.92 Å². The molecule has 27 heavy (non-hydrogen) atoms. The molecule has 1 aliphatic carbocycles. The summed E-state index contributed by atoms with van der Waals surface area (Å²) in [5.41, 5.74) is 2.46. The summed E-state index contributed by atoms with van der Waals surface area (Å²) in [6, 6.07) is 17.7. The third-order valence-corrected chi connectivity index (χ3v) is 5.29. The minimum Gasteiger partial charge on any atom is -0.355 e. The summed E-state index contributed by atoms with van der Waals surface area (Å²) in [5, 5.41) is 6.48. The predicted octanol–water partition coefficient (Wildman–Crippen LogP) is 3.56. The van der Waals surface area contributed by atoms with Crippen LogP contribution in [-0.4, -0.2) is 35.8 Å². The number of rotatable bonds is 5. The Kier molecular flexibility index (Phi) is 5.10. The zero-order valence-corrected chi connectivity index (χ0v) is 15.4. The van der Waals surface area contributed by atoms with Crippen molar-refractivity contribution < 1.29 is 9.59 Å². The highest BCUT2D eigenvalue weighted by Gasteiger charge is 2.32. The minimum absolute atomic E-state index is 0.0426. The number of hydrogen-bond donors (Lipinski definition) is 2. The fourth-order valence-electron chi connectivity index (χ4n) is 3.52. The molecule has 2 aliphatic rings. The van der Waals surface area contributed by atoms with Gasteiger partial charge in [-0.3, -0.25) is 9.59 Å². The molecule has 140 valence electrons. The van der Waals surface area contributed by atoms with Gasteiger partial charge in [-0.25, -0.2) is 0 Å². The van der Waals surface area contributed by atoms with E-state index >= 15 is 0 Å². The van der Waals surface area contributed by atoms with Crippen LogP contribution in [0.5, 0.6) is 0 Å². The summed E-state index contributed by atoms with van der Waals surface area (Å²) in [5.74, 6) is 0.471. The number of nitrogens with zero attached hydrogens (tertiary/aromatic N) is 1. The number of para-hydroxylation sites is 2. The largest absolute Gasteiger partial charge is 0.355 e. The number of piperidine rings is 1. The Balaban J connectivity index is 1.39. The smallest absolute Gasteiger partial charge is 0.255 e. The van der Waals surface area contributed by atoms with Crippen molar-refractivity contribution in [1.82, 2.24) is 10.2 Å². The number of hydrogen-bond acceptors (Lipinski definition) is 3. The van der Waals surface area contributed by atoms with E-state index in [0.29, 0.717) is 18.7 Å². The van der Waals surface area contributed by atoms with E-state index in [1.807, 2.05) is 59.5 Å². The second kappa shape index (κ2) is 7.82. The van der Waals surface area contributed by atoms with E-state index in [2.05, 4.69) is 10.6 Å². The van der Waals surface area contributed by atoms with Crippen molar-refractivity contribution in [2.45, 2.75) is 31.7 Å². The van der Waals surface area contributed by atoms with Crippen LogP contribution in [0.2, 0.25) is 0 Å². The normalized spacial score (nSPS) is 17.4. The average Bonchev–Trinajstić information content (AvgIpc) is 3.55. The first-order chi connectivity index (χ1) is 13.2. The van der Waals surface area contributed by atoms with Crippen molar-refractivity contribution in [2.75, 3.05) is 18.4 Å². The van der Waals surface area contributed by atoms with Crippen LogP contribution in [0.3, 0.4) is 0 Å². The average molecular weight is 363 g/mol. The van der Waals surface area contributed by atoms with Crippen molar-refractivity contribution in [3.05, 3.63) is 60.2 Å². The van der Waals surface area contributed by atoms with Gasteiger partial charge in [-0.1, -0.05) is 30.3 Å². The molecule has 2 aromatic rings. The molecule has 1 saturated carbocycles. The molecular weight excluding hydrogens is 338 g/mol. The van der Waals surface area contributed by atoms with Gasteiger partial charge in [0, 0.05) is 30.7 Å². The molecule has 5 nitrogen and oxygen atoms in total. The summed E-state index contributed by atoms with van der Waals surface area (Å²) in [6.07, 6.45) is 3.68. The summed E-state index contributed by atoms with van der Waals surface area (Å²) < 4.78 is 0. The number of anilines is 2. The lowest BCUT2D eigenvalue weighted by molar-refractivity contribution is -0.123. The highest BCUT2D eigenvalue weighted by atomic mass is 16.2. The van der Waals surface area contributed by atoms with E-state index in [1.54, 1.807) is 0 Å². The van der Waals surface area contributed by atoms with Gasteiger partial charge in [0.15, 0.2) is 0 Å². The van der Waals surface area contributed by atoms with E-state index in [-0.39, 0.29) is 23.8 Å². The maximum atomic E-state index is 13.1. The molecule has 0 aromatic heterocycles. The quantitative estimate of drug-likeness (QED) is 0.854. The first-order valence-corrected chi connectivity index (χ1v) is 9.71. The van der Waals surface area contributed by atoms with E-state index < -0.39 is 0 Å². The first-order valence-electron chi connectivity index (χ1n) is 9.71. The molecule has 2 N–H and O–H groups in total. The van der Waals surface area contributed by atoms with Gasteiger partial charge >= 0.3 is 0 Å². The van der Waals surface area contributed by atoms with Crippen LogP contribution in [0.25, 0.3) is 0 Å². The monoisotopic (exact) mass is 363 g/mol. The molecule has 0 spiro atoms. The van der Waals surface area contributed by atoms with Gasteiger partial charge in [-0.15, -0.1) is 0 Å². The number of benzene rings is 2. The molecule has 2 amide bonds. The van der Waals surface area contributed by atoms with Crippen molar-refractivity contribution in [1.29, 1.82) is 0 Å². The van der Waals surface area contributed by atoms with Crippen LogP contribution in [0.15, 0.2) is 54.6 Å². The molecule has 0 unspecified atom stereocenters. The zero-order chi connectivity index (χ0) is 18.6. The second-order valence-electron chi connectivity index (χ2n) is 7.39. The minimum atomic E-state index is 0.0426. The number of carbonyl (C=O) groups is 2. The lowest BCUT2D eigenvalue weighted by Crippen LogP contribution is -2.47. The zero-order valence-electron chi connectivity index (χ0n) is 15.4. The topological polar surface area (TPSA) is 61.4 Å². The summed E-state index contributed by atoms with van der Waals surface area (Å²) in [6.45, 7) is 1.35. The van der Waals surface area contributed by atoms with Crippen molar-refractivity contribution >= 4 is 23.2 Å². The van der Waals surface area contributed by atoms with Crippen LogP contribution < -0.4 is 10.6 Å². The molecule has 1 aliphatic heterocycles. The van der Waals surface area contributed by atoms with Crippen molar-refractivity contribution in [2.24, 2.45) is 5.92 Å². The molecule has 5 heteroatoms. The van der Waals surface area contributed by atoms with Gasteiger partial charge in [0.2, 0.25) is 5.91 Å². The van der Waals surface area contributed by atoms with E-state index in [4.69, 9.17) is 0 Å². The number of amides is 2. The molecule has 0 atom stereocenters. The predicted molar refractivity (Wildman–Crippen MR) is 106 cm³/mol. The number of likely N-dealkylation sites (tertiary alicyclic amines) is 1. The summed E-state index contributed by atoms with van der Waals surface area (Å²) >= 11 is 0. The fraction of sp³-hybridized carbons (Fsp3) is 0.364. The fourth-order valence-corrected chi connectivity index (χ4v) is 3.52. The lowest BCUT2D eigenvalue weighted by atomic mass is 10.0. The highest BCUT2D eigenvalue weighted by molar-refractivity contribution is 6.00. The number of nitrogens with one attached hydrogen (secondary N) is 2. The Morgan fingerprint density at radius 3 is 2.22 bits per heavy atom. The Hall–Kier alpha value is -2.82. The van der Waals surface area contributed by atoms with Crippen LogP contribution in [0.4, 0.5) is 11.4 Å². The maximum Gasteiger partial charge on any atom is 0.255 e. The van der Waals surface area contributed by atoms with Crippen LogP contribution >= 0.6 is 0 Å². The lowest BCUT2D eigenvalue weighted by Gasteiger charge is -2.33. The van der Waals surface area contributed by atoms with Crippen LogP contribution in [-0.2, 0) is 4.79 Å². The Bertz CT molecular complexity index is 809. The van der Waals surface area contributed by atoms with Gasteiger partial charge < -0.3 is 15.5 Å². The van der Waals surface area contributed by atoms with E-state index in [0.717, 1.165) is 37.1 Å². The molecule has 2 fully saturated rings. The third-order valence-electron chi connectivity index (χ3n) is 5.29. The Morgan fingerprint density at radius 2 is 1.52 bits per heavy atom.